The fraction of sp³-hybridized carbons (Fsp3) is 0.188. The number of ether oxygens (including phenoxy) is 1. The van der Waals surface area contributed by atoms with Crippen LogP contribution in [-0.4, -0.2) is 13.3 Å². The molecule has 0 fully saturated rings. The highest BCUT2D eigenvalue weighted by Crippen LogP contribution is 2.10. The first-order valence-electron chi connectivity index (χ1n) is 6.05. The molecule has 0 aliphatic rings. The zero-order valence-corrected chi connectivity index (χ0v) is 11.1. The minimum Gasteiger partial charge on any atom is -0.497 e. The molecule has 19 heavy (non-hydrogen) atoms. The van der Waals surface area contributed by atoms with Crippen LogP contribution in [0.3, 0.4) is 0 Å². The molecule has 0 amide bonds. The van der Waals surface area contributed by atoms with Crippen LogP contribution in [0.2, 0.25) is 0 Å². The van der Waals surface area contributed by atoms with Crippen molar-refractivity contribution < 1.29 is 9.57 Å². The molecular formula is C16H16NO2. The van der Waals surface area contributed by atoms with Crippen molar-refractivity contribution in [3.63, 3.8) is 0 Å². The molecule has 0 saturated heterocycles. The summed E-state index contributed by atoms with van der Waals surface area (Å²) in [6, 6.07) is 15.6. The first-order valence-corrected chi connectivity index (χ1v) is 6.05. The summed E-state index contributed by atoms with van der Waals surface area (Å²) in [7, 11) is 1.64. The lowest BCUT2D eigenvalue weighted by Crippen LogP contribution is -1.89. The Kier molecular flexibility index (Phi) is 4.56. The first kappa shape index (κ1) is 13.1. The van der Waals surface area contributed by atoms with E-state index in [0.717, 1.165) is 16.9 Å². The molecule has 2 rings (SSSR count). The number of rotatable bonds is 5. The number of methoxy groups -OCH3 is 1. The Hall–Kier alpha value is -2.29. The van der Waals surface area contributed by atoms with Crippen molar-refractivity contribution in [2.75, 3.05) is 7.11 Å². The van der Waals surface area contributed by atoms with Crippen molar-refractivity contribution in [2.45, 2.75) is 13.5 Å². The second-order valence-corrected chi connectivity index (χ2v) is 4.19. The molecule has 3 nitrogen and oxygen atoms in total. The molecule has 3 heteroatoms. The maximum absolute atomic E-state index is 5.22. The van der Waals surface area contributed by atoms with Crippen LogP contribution in [-0.2, 0) is 11.4 Å². The van der Waals surface area contributed by atoms with Crippen molar-refractivity contribution >= 4 is 6.21 Å². The molecule has 0 aliphatic heterocycles. The Morgan fingerprint density at radius 3 is 2.58 bits per heavy atom. The molecule has 0 aliphatic carbocycles. The van der Waals surface area contributed by atoms with Crippen LogP contribution in [0.15, 0.2) is 53.7 Å². The molecule has 0 saturated carbocycles. The highest BCUT2D eigenvalue weighted by atomic mass is 16.6. The van der Waals surface area contributed by atoms with E-state index in [2.05, 4.69) is 30.4 Å². The third-order valence-electron chi connectivity index (χ3n) is 2.64. The summed E-state index contributed by atoms with van der Waals surface area (Å²) in [6.07, 6.45) is 2.83. The minimum absolute atomic E-state index is 0.449. The SMILES string of the molecule is COc1ccc(/[C]=N\OCc2cccc(C)c2)cc1. The van der Waals surface area contributed by atoms with Crippen LogP contribution in [0, 0.1) is 6.92 Å². The fourth-order valence-electron chi connectivity index (χ4n) is 1.66. The highest BCUT2D eigenvalue weighted by Gasteiger charge is 1.94. The standard InChI is InChI=1S/C16H16NO2/c1-13-4-3-5-15(10-13)12-19-17-11-14-6-8-16(18-2)9-7-14/h3-10H,12H2,1-2H3. The summed E-state index contributed by atoms with van der Waals surface area (Å²) in [5.41, 5.74) is 3.16. The molecule has 0 heterocycles. The monoisotopic (exact) mass is 254 g/mol. The third-order valence-corrected chi connectivity index (χ3v) is 2.64. The topological polar surface area (TPSA) is 30.8 Å². The van der Waals surface area contributed by atoms with Crippen molar-refractivity contribution in [2.24, 2.45) is 5.16 Å². The molecular weight excluding hydrogens is 238 g/mol. The molecule has 1 radical (unpaired) electrons. The van der Waals surface area contributed by atoms with Gasteiger partial charge in [0.05, 0.1) is 7.11 Å². The Bertz CT molecular complexity index is 547. The van der Waals surface area contributed by atoms with E-state index in [1.165, 1.54) is 5.56 Å². The minimum atomic E-state index is 0.449. The summed E-state index contributed by atoms with van der Waals surface area (Å²) < 4.78 is 5.07. The number of nitrogens with zero attached hydrogens (tertiary/aromatic N) is 1. The van der Waals surface area contributed by atoms with Crippen molar-refractivity contribution in [3.8, 4) is 5.75 Å². The number of benzene rings is 2. The van der Waals surface area contributed by atoms with Crippen LogP contribution in [0.1, 0.15) is 16.7 Å². The molecule has 0 N–H and O–H groups in total. The normalized spacial score (nSPS) is 10.6. The molecule has 0 atom stereocenters. The van der Waals surface area contributed by atoms with E-state index in [1.54, 1.807) is 7.11 Å². The molecule has 0 spiro atoms. The molecule has 2 aromatic carbocycles. The smallest absolute Gasteiger partial charge is 0.142 e. The van der Waals surface area contributed by atoms with Gasteiger partial charge in [-0.25, -0.2) is 0 Å². The lowest BCUT2D eigenvalue weighted by atomic mass is 10.1. The Labute approximate surface area is 113 Å². The molecule has 0 bridgehead atoms. The van der Waals surface area contributed by atoms with Gasteiger partial charge in [-0.2, -0.15) is 0 Å². The summed E-state index contributed by atoms with van der Waals surface area (Å²) >= 11 is 0. The van der Waals surface area contributed by atoms with Gasteiger partial charge in [0.1, 0.15) is 18.6 Å². The third kappa shape index (κ3) is 4.14. The van der Waals surface area contributed by atoms with E-state index in [4.69, 9.17) is 9.57 Å². The van der Waals surface area contributed by atoms with E-state index in [-0.39, 0.29) is 0 Å². The average molecular weight is 254 g/mol. The van der Waals surface area contributed by atoms with Crippen LogP contribution in [0.25, 0.3) is 0 Å². The van der Waals surface area contributed by atoms with Gasteiger partial charge in [0.2, 0.25) is 0 Å². The largest absolute Gasteiger partial charge is 0.497 e. The number of aryl methyl sites for hydroxylation is 1. The fourth-order valence-corrected chi connectivity index (χ4v) is 1.66. The van der Waals surface area contributed by atoms with E-state index in [0.29, 0.717) is 6.61 Å². The zero-order chi connectivity index (χ0) is 13.5. The number of hydrogen-bond donors (Lipinski definition) is 0. The van der Waals surface area contributed by atoms with Gasteiger partial charge in [0.15, 0.2) is 0 Å². The average Bonchev–Trinajstić information content (AvgIpc) is 2.44. The summed E-state index contributed by atoms with van der Waals surface area (Å²) in [5.74, 6) is 0.811. The lowest BCUT2D eigenvalue weighted by Gasteiger charge is -2.01. The van der Waals surface area contributed by atoms with Gasteiger partial charge in [0.25, 0.3) is 0 Å². The number of hydrogen-bond acceptors (Lipinski definition) is 3. The van der Waals surface area contributed by atoms with Gasteiger partial charge in [-0.3, -0.25) is 0 Å². The Morgan fingerprint density at radius 1 is 1.11 bits per heavy atom. The molecule has 2 aromatic rings. The van der Waals surface area contributed by atoms with Crippen LogP contribution in [0.4, 0.5) is 0 Å². The Balaban J connectivity index is 1.86. The lowest BCUT2D eigenvalue weighted by molar-refractivity contribution is 0.132. The van der Waals surface area contributed by atoms with Crippen LogP contribution in [0.5, 0.6) is 5.75 Å². The first-order chi connectivity index (χ1) is 9.28. The van der Waals surface area contributed by atoms with E-state index in [9.17, 15) is 0 Å². The van der Waals surface area contributed by atoms with Crippen molar-refractivity contribution in [3.05, 3.63) is 65.2 Å². The van der Waals surface area contributed by atoms with Gasteiger partial charge in [-0.1, -0.05) is 35.0 Å². The molecule has 0 unspecified atom stereocenters. The van der Waals surface area contributed by atoms with E-state index in [1.807, 2.05) is 36.4 Å². The Morgan fingerprint density at radius 2 is 1.89 bits per heavy atom. The van der Waals surface area contributed by atoms with Gasteiger partial charge in [-0.15, -0.1) is 0 Å². The van der Waals surface area contributed by atoms with Crippen molar-refractivity contribution in [1.82, 2.24) is 0 Å². The maximum atomic E-state index is 5.22. The van der Waals surface area contributed by atoms with Gasteiger partial charge < -0.3 is 9.57 Å². The second-order valence-electron chi connectivity index (χ2n) is 4.19. The van der Waals surface area contributed by atoms with Crippen molar-refractivity contribution in [1.29, 1.82) is 0 Å². The summed E-state index contributed by atoms with van der Waals surface area (Å²) in [5, 5.41) is 3.83. The zero-order valence-electron chi connectivity index (χ0n) is 11.1. The predicted octanol–water partition coefficient (Wildman–Crippen LogP) is 3.43. The highest BCUT2D eigenvalue weighted by molar-refractivity contribution is 5.79. The molecule has 97 valence electrons. The van der Waals surface area contributed by atoms with Gasteiger partial charge in [0, 0.05) is 5.56 Å². The summed E-state index contributed by atoms with van der Waals surface area (Å²) in [4.78, 5) is 5.22. The maximum Gasteiger partial charge on any atom is 0.142 e. The van der Waals surface area contributed by atoms with E-state index < -0.39 is 0 Å². The van der Waals surface area contributed by atoms with Crippen LogP contribution >= 0.6 is 0 Å². The quantitative estimate of drug-likeness (QED) is 0.604. The second kappa shape index (κ2) is 6.59. The van der Waals surface area contributed by atoms with Gasteiger partial charge in [-0.05, 0) is 36.8 Å². The summed E-state index contributed by atoms with van der Waals surface area (Å²) in [6.45, 7) is 2.50. The predicted molar refractivity (Wildman–Crippen MR) is 75.5 cm³/mol. The molecule has 0 aromatic heterocycles. The van der Waals surface area contributed by atoms with Crippen LogP contribution < -0.4 is 4.74 Å². The van der Waals surface area contributed by atoms with Gasteiger partial charge >= 0.3 is 0 Å². The van der Waals surface area contributed by atoms with E-state index >= 15 is 0 Å².